The zero-order valence-corrected chi connectivity index (χ0v) is 15.0. The fraction of sp³-hybridized carbons (Fsp3) is 0.389. The minimum absolute atomic E-state index is 0.131. The summed E-state index contributed by atoms with van der Waals surface area (Å²) < 4.78 is 43.7. The first-order valence-corrected chi connectivity index (χ1v) is 8.76. The minimum Gasteiger partial charge on any atom is -0.379 e. The molecule has 0 unspecified atom stereocenters. The van der Waals surface area contributed by atoms with Crippen LogP contribution in [0.25, 0.3) is 0 Å². The molecule has 0 spiro atoms. The number of nitrogens with one attached hydrogen (secondary N) is 2. The van der Waals surface area contributed by atoms with Crippen molar-refractivity contribution in [3.63, 3.8) is 0 Å². The van der Waals surface area contributed by atoms with Crippen molar-refractivity contribution in [2.24, 2.45) is 0 Å². The highest BCUT2D eigenvalue weighted by atomic mass is 19.4. The number of aromatic nitrogens is 2. The van der Waals surface area contributed by atoms with E-state index in [0.717, 1.165) is 25.2 Å². The van der Waals surface area contributed by atoms with Crippen molar-refractivity contribution in [2.45, 2.75) is 6.18 Å². The summed E-state index contributed by atoms with van der Waals surface area (Å²) in [7, 11) is 0. The number of rotatable bonds is 6. The maximum absolute atomic E-state index is 12.8. The van der Waals surface area contributed by atoms with Gasteiger partial charge in [-0.3, -0.25) is 9.69 Å². The van der Waals surface area contributed by atoms with Gasteiger partial charge < -0.3 is 15.4 Å². The number of carbonyl (C=O) groups is 1. The molecule has 2 aromatic rings. The smallest absolute Gasteiger partial charge is 0.379 e. The molecule has 0 radical (unpaired) electrons. The number of carbonyl (C=O) groups excluding carboxylic acids is 1. The second-order valence-electron chi connectivity index (χ2n) is 6.20. The number of anilines is 2. The first kappa shape index (κ1) is 20.0. The molecule has 28 heavy (non-hydrogen) atoms. The molecule has 1 aliphatic rings. The average molecular weight is 395 g/mol. The van der Waals surface area contributed by atoms with Gasteiger partial charge in [-0.1, -0.05) is 6.07 Å². The first-order valence-electron chi connectivity index (χ1n) is 8.76. The van der Waals surface area contributed by atoms with Crippen LogP contribution in [-0.4, -0.2) is 60.2 Å². The summed E-state index contributed by atoms with van der Waals surface area (Å²) in [5, 5.41) is 5.54. The maximum Gasteiger partial charge on any atom is 0.416 e. The lowest BCUT2D eigenvalue weighted by Gasteiger charge is -2.26. The van der Waals surface area contributed by atoms with E-state index < -0.39 is 11.7 Å². The molecule has 0 aliphatic carbocycles. The Bertz CT molecular complexity index is 810. The van der Waals surface area contributed by atoms with E-state index in [1.807, 2.05) is 0 Å². The zero-order valence-electron chi connectivity index (χ0n) is 15.0. The molecule has 1 aromatic heterocycles. The molecule has 7 nitrogen and oxygen atoms in total. The number of hydrogen-bond acceptors (Lipinski definition) is 6. The predicted molar refractivity (Wildman–Crippen MR) is 96.4 cm³/mol. The van der Waals surface area contributed by atoms with Crippen molar-refractivity contribution < 1.29 is 22.7 Å². The van der Waals surface area contributed by atoms with Gasteiger partial charge >= 0.3 is 6.18 Å². The van der Waals surface area contributed by atoms with Crippen molar-refractivity contribution in [1.82, 2.24) is 20.2 Å². The van der Waals surface area contributed by atoms with Gasteiger partial charge in [0.05, 0.1) is 18.8 Å². The molecule has 1 amide bonds. The second kappa shape index (κ2) is 8.98. The van der Waals surface area contributed by atoms with E-state index in [1.165, 1.54) is 24.5 Å². The molecule has 1 fully saturated rings. The number of alkyl halides is 3. The third-order valence-corrected chi connectivity index (χ3v) is 4.18. The highest BCUT2D eigenvalue weighted by molar-refractivity contribution is 5.92. The van der Waals surface area contributed by atoms with E-state index in [0.29, 0.717) is 26.3 Å². The van der Waals surface area contributed by atoms with Crippen LogP contribution in [0.4, 0.5) is 24.7 Å². The molecule has 1 aromatic carbocycles. The molecule has 2 N–H and O–H groups in total. The highest BCUT2D eigenvalue weighted by Crippen LogP contribution is 2.31. The summed E-state index contributed by atoms with van der Waals surface area (Å²) in [6, 6.07) is 6.14. The van der Waals surface area contributed by atoms with E-state index in [4.69, 9.17) is 4.74 Å². The SMILES string of the molecule is O=C(NCCN1CCOCC1)c1cc(Nc2cccc(C(F)(F)F)c2)ncn1. The molecular weight excluding hydrogens is 375 g/mol. The number of amides is 1. The number of benzene rings is 1. The normalized spacial score (nSPS) is 15.2. The molecular formula is C18H20F3N5O2. The van der Waals surface area contributed by atoms with Crippen LogP contribution in [-0.2, 0) is 10.9 Å². The number of nitrogens with zero attached hydrogens (tertiary/aromatic N) is 3. The summed E-state index contributed by atoms with van der Waals surface area (Å²) in [4.78, 5) is 22.3. The standard InChI is InChI=1S/C18H20F3N5O2/c19-18(20,21)13-2-1-3-14(10-13)25-16-11-15(23-12-24-16)17(27)22-4-5-26-6-8-28-9-7-26/h1-3,10-12H,4-9H2,(H,22,27)(H,23,24,25). The largest absolute Gasteiger partial charge is 0.416 e. The number of hydrogen-bond donors (Lipinski definition) is 2. The van der Waals surface area contributed by atoms with Crippen LogP contribution < -0.4 is 10.6 Å². The summed E-state index contributed by atoms with van der Waals surface area (Å²) in [6.07, 6.45) is -3.25. The lowest BCUT2D eigenvalue weighted by molar-refractivity contribution is -0.137. The van der Waals surface area contributed by atoms with Crippen LogP contribution >= 0.6 is 0 Å². The van der Waals surface area contributed by atoms with Gasteiger partial charge in [-0.05, 0) is 18.2 Å². The lowest BCUT2D eigenvalue weighted by atomic mass is 10.2. The zero-order chi connectivity index (χ0) is 20.0. The van der Waals surface area contributed by atoms with E-state index in [1.54, 1.807) is 0 Å². The summed E-state index contributed by atoms with van der Waals surface area (Å²) in [5.74, 6) is -0.143. The fourth-order valence-electron chi connectivity index (χ4n) is 2.71. The van der Waals surface area contributed by atoms with Crippen LogP contribution in [0.1, 0.15) is 16.1 Å². The fourth-order valence-corrected chi connectivity index (χ4v) is 2.71. The van der Waals surface area contributed by atoms with E-state index in [2.05, 4.69) is 25.5 Å². The topological polar surface area (TPSA) is 79.4 Å². The minimum atomic E-state index is -4.44. The summed E-state index contributed by atoms with van der Waals surface area (Å²) in [6.45, 7) is 4.19. The van der Waals surface area contributed by atoms with Gasteiger partial charge in [0.2, 0.25) is 0 Å². The molecule has 3 rings (SSSR count). The molecule has 0 atom stereocenters. The molecule has 0 bridgehead atoms. The molecule has 2 heterocycles. The van der Waals surface area contributed by atoms with Gasteiger partial charge in [0.25, 0.3) is 5.91 Å². The predicted octanol–water partition coefficient (Wildman–Crippen LogP) is 2.30. The van der Waals surface area contributed by atoms with Crippen LogP contribution in [0.5, 0.6) is 0 Å². The van der Waals surface area contributed by atoms with Crippen LogP contribution in [0.15, 0.2) is 36.7 Å². The van der Waals surface area contributed by atoms with Crippen molar-refractivity contribution in [3.8, 4) is 0 Å². The van der Waals surface area contributed by atoms with Gasteiger partial charge in [-0.25, -0.2) is 9.97 Å². The monoisotopic (exact) mass is 395 g/mol. The number of morpholine rings is 1. The van der Waals surface area contributed by atoms with Gasteiger partial charge in [0, 0.05) is 37.9 Å². The summed E-state index contributed by atoms with van der Waals surface area (Å²) in [5.41, 5.74) is -0.425. The Kier molecular flexibility index (Phi) is 6.42. The van der Waals surface area contributed by atoms with Gasteiger partial charge in [-0.2, -0.15) is 13.2 Å². The first-order chi connectivity index (χ1) is 13.4. The third kappa shape index (κ3) is 5.64. The van der Waals surface area contributed by atoms with Gasteiger partial charge in [0.15, 0.2) is 0 Å². The Balaban J connectivity index is 1.58. The maximum atomic E-state index is 12.8. The Morgan fingerprint density at radius 1 is 1.18 bits per heavy atom. The van der Waals surface area contributed by atoms with Crippen LogP contribution in [0.3, 0.4) is 0 Å². The van der Waals surface area contributed by atoms with Crippen LogP contribution in [0.2, 0.25) is 0 Å². The van der Waals surface area contributed by atoms with Gasteiger partial charge in [-0.15, -0.1) is 0 Å². The van der Waals surface area contributed by atoms with Crippen molar-refractivity contribution >= 4 is 17.4 Å². The van der Waals surface area contributed by atoms with E-state index >= 15 is 0 Å². The molecule has 1 saturated heterocycles. The van der Waals surface area contributed by atoms with Gasteiger partial charge in [0.1, 0.15) is 17.8 Å². The number of halogens is 3. The van der Waals surface area contributed by atoms with E-state index in [9.17, 15) is 18.0 Å². The molecule has 0 saturated carbocycles. The van der Waals surface area contributed by atoms with Crippen LogP contribution in [0, 0.1) is 0 Å². The Labute approximate surface area is 159 Å². The van der Waals surface area contributed by atoms with Crippen molar-refractivity contribution in [1.29, 1.82) is 0 Å². The molecule has 150 valence electrons. The molecule has 10 heteroatoms. The Morgan fingerprint density at radius 2 is 1.96 bits per heavy atom. The van der Waals surface area contributed by atoms with Crippen molar-refractivity contribution in [2.75, 3.05) is 44.7 Å². The third-order valence-electron chi connectivity index (χ3n) is 4.18. The second-order valence-corrected chi connectivity index (χ2v) is 6.20. The Morgan fingerprint density at radius 3 is 2.71 bits per heavy atom. The highest BCUT2D eigenvalue weighted by Gasteiger charge is 2.30. The quantitative estimate of drug-likeness (QED) is 0.782. The van der Waals surface area contributed by atoms with E-state index in [-0.39, 0.29) is 23.1 Å². The Hall–Kier alpha value is -2.72. The molecule has 1 aliphatic heterocycles. The lowest BCUT2D eigenvalue weighted by Crippen LogP contribution is -2.41. The number of ether oxygens (including phenoxy) is 1. The van der Waals surface area contributed by atoms with Crippen molar-refractivity contribution in [3.05, 3.63) is 47.9 Å². The average Bonchev–Trinajstić information content (AvgIpc) is 2.68. The summed E-state index contributed by atoms with van der Waals surface area (Å²) >= 11 is 0.